The topological polar surface area (TPSA) is 124 Å². The maximum absolute atomic E-state index is 10.9. The fourth-order valence-electron chi connectivity index (χ4n) is 0.943. The van der Waals surface area contributed by atoms with Crippen LogP contribution in [0.2, 0.25) is 0 Å². The molecule has 0 unspecified atom stereocenters. The van der Waals surface area contributed by atoms with Crippen LogP contribution in [0.4, 0.5) is 0 Å². The maximum atomic E-state index is 10.9. The molecule has 0 bridgehead atoms. The second kappa shape index (κ2) is 7.29. The molecule has 7 heteroatoms. The van der Waals surface area contributed by atoms with E-state index in [1.807, 2.05) is 0 Å². The molecule has 0 aliphatic rings. The van der Waals surface area contributed by atoms with Crippen molar-refractivity contribution >= 4 is 12.3 Å². The van der Waals surface area contributed by atoms with Gasteiger partial charge < -0.3 is 25.2 Å². The van der Waals surface area contributed by atoms with E-state index in [2.05, 4.69) is 4.74 Å². The van der Waals surface area contributed by atoms with Gasteiger partial charge in [0.05, 0.1) is 6.61 Å². The minimum absolute atomic E-state index is 0.00963. The number of hydrogen-bond donors (Lipinski definition) is 4. The SMILES string of the molecule is CCC(=O)O[C@H](C=O)[C@@H](O)[C@H](O)[C@H](O)CO. The zero-order valence-corrected chi connectivity index (χ0v) is 8.81. The van der Waals surface area contributed by atoms with Gasteiger partial charge in [0.2, 0.25) is 0 Å². The van der Waals surface area contributed by atoms with Crippen LogP contribution in [-0.4, -0.2) is 63.7 Å². The third-order valence-corrected chi connectivity index (χ3v) is 1.96. The molecule has 0 aromatic heterocycles. The van der Waals surface area contributed by atoms with E-state index in [4.69, 9.17) is 10.2 Å². The predicted molar refractivity (Wildman–Crippen MR) is 51.3 cm³/mol. The van der Waals surface area contributed by atoms with Crippen molar-refractivity contribution in [2.24, 2.45) is 0 Å². The van der Waals surface area contributed by atoms with Gasteiger partial charge in [0.15, 0.2) is 12.4 Å². The highest BCUT2D eigenvalue weighted by Gasteiger charge is 2.33. The molecule has 94 valence electrons. The summed E-state index contributed by atoms with van der Waals surface area (Å²) in [6.07, 6.45) is -6.58. The number of carbonyl (C=O) groups is 2. The standard InChI is InChI=1S/C9H16O7/c1-2-7(13)16-6(4-11)9(15)8(14)5(12)3-10/h4-6,8-10,12,14-15H,2-3H2,1H3/t5-,6-,8-,9-/m1/s1. The second-order valence-electron chi connectivity index (χ2n) is 3.18. The van der Waals surface area contributed by atoms with Crippen molar-refractivity contribution < 1.29 is 34.8 Å². The van der Waals surface area contributed by atoms with Gasteiger partial charge in [-0.3, -0.25) is 9.59 Å². The van der Waals surface area contributed by atoms with Crippen molar-refractivity contribution in [1.29, 1.82) is 0 Å². The van der Waals surface area contributed by atoms with Crippen molar-refractivity contribution in [2.45, 2.75) is 37.8 Å². The van der Waals surface area contributed by atoms with Crippen LogP contribution in [-0.2, 0) is 14.3 Å². The Bertz CT molecular complexity index is 230. The summed E-state index contributed by atoms with van der Waals surface area (Å²) in [7, 11) is 0. The van der Waals surface area contributed by atoms with Crippen LogP contribution in [0.15, 0.2) is 0 Å². The van der Waals surface area contributed by atoms with Gasteiger partial charge in [0, 0.05) is 6.42 Å². The molecule has 4 atom stereocenters. The number of aldehydes is 1. The first-order valence-electron chi connectivity index (χ1n) is 4.77. The molecule has 0 heterocycles. The van der Waals surface area contributed by atoms with Crippen molar-refractivity contribution in [2.75, 3.05) is 6.61 Å². The largest absolute Gasteiger partial charge is 0.452 e. The molecule has 0 aromatic carbocycles. The first-order chi connectivity index (χ1) is 7.47. The molecular weight excluding hydrogens is 220 g/mol. The number of esters is 1. The minimum Gasteiger partial charge on any atom is -0.452 e. The minimum atomic E-state index is -1.78. The molecule has 0 rings (SSSR count). The van der Waals surface area contributed by atoms with Crippen LogP contribution in [0.3, 0.4) is 0 Å². The van der Waals surface area contributed by atoms with Gasteiger partial charge in [-0.05, 0) is 0 Å². The quantitative estimate of drug-likeness (QED) is 0.286. The van der Waals surface area contributed by atoms with Crippen LogP contribution < -0.4 is 0 Å². The van der Waals surface area contributed by atoms with E-state index in [9.17, 15) is 19.8 Å². The molecule has 0 aliphatic heterocycles. The maximum Gasteiger partial charge on any atom is 0.306 e. The van der Waals surface area contributed by atoms with Crippen molar-refractivity contribution in [3.8, 4) is 0 Å². The van der Waals surface area contributed by atoms with E-state index in [1.165, 1.54) is 6.92 Å². The molecule has 4 N–H and O–H groups in total. The van der Waals surface area contributed by atoms with Gasteiger partial charge >= 0.3 is 5.97 Å². The molecule has 0 saturated heterocycles. The zero-order chi connectivity index (χ0) is 12.7. The average molecular weight is 236 g/mol. The van der Waals surface area contributed by atoms with Crippen molar-refractivity contribution in [3.63, 3.8) is 0 Å². The van der Waals surface area contributed by atoms with Gasteiger partial charge in [-0.25, -0.2) is 0 Å². The molecule has 16 heavy (non-hydrogen) atoms. The van der Waals surface area contributed by atoms with Crippen LogP contribution in [0.25, 0.3) is 0 Å². The molecule has 0 aromatic rings. The molecular formula is C9H16O7. The Morgan fingerprint density at radius 1 is 1.31 bits per heavy atom. The highest BCUT2D eigenvalue weighted by molar-refractivity contribution is 5.72. The van der Waals surface area contributed by atoms with E-state index >= 15 is 0 Å². The average Bonchev–Trinajstić information content (AvgIpc) is 2.32. The summed E-state index contributed by atoms with van der Waals surface area (Å²) in [5.41, 5.74) is 0. The number of carbonyl (C=O) groups excluding carboxylic acids is 2. The summed E-state index contributed by atoms with van der Waals surface area (Å²) < 4.78 is 4.52. The Morgan fingerprint density at radius 3 is 2.25 bits per heavy atom. The highest BCUT2D eigenvalue weighted by atomic mass is 16.6. The van der Waals surface area contributed by atoms with Crippen LogP contribution >= 0.6 is 0 Å². The lowest BCUT2D eigenvalue weighted by atomic mass is 10.0. The summed E-state index contributed by atoms with van der Waals surface area (Å²) in [6, 6.07) is 0. The fourth-order valence-corrected chi connectivity index (χ4v) is 0.943. The molecule has 0 amide bonds. The molecule has 0 saturated carbocycles. The van der Waals surface area contributed by atoms with E-state index in [-0.39, 0.29) is 12.7 Å². The molecule has 0 spiro atoms. The molecule has 0 aliphatic carbocycles. The number of hydrogen-bond acceptors (Lipinski definition) is 7. The Morgan fingerprint density at radius 2 is 1.88 bits per heavy atom. The molecule has 7 nitrogen and oxygen atoms in total. The Hall–Kier alpha value is -1.02. The highest BCUT2D eigenvalue weighted by Crippen LogP contribution is 2.07. The Balaban J connectivity index is 4.45. The lowest BCUT2D eigenvalue weighted by Gasteiger charge is -2.25. The Kier molecular flexibility index (Phi) is 6.82. The number of rotatable bonds is 7. The Labute approximate surface area is 92.3 Å². The third-order valence-electron chi connectivity index (χ3n) is 1.96. The summed E-state index contributed by atoms with van der Waals surface area (Å²) >= 11 is 0. The smallest absolute Gasteiger partial charge is 0.306 e. The van der Waals surface area contributed by atoms with Gasteiger partial charge in [-0.1, -0.05) is 6.92 Å². The number of aliphatic hydroxyl groups excluding tert-OH is 4. The lowest BCUT2D eigenvalue weighted by Crippen LogP contribution is -2.47. The summed E-state index contributed by atoms with van der Waals surface area (Å²) in [5, 5.41) is 36.2. The van der Waals surface area contributed by atoms with Crippen molar-refractivity contribution in [3.05, 3.63) is 0 Å². The van der Waals surface area contributed by atoms with Crippen LogP contribution in [0.5, 0.6) is 0 Å². The third kappa shape index (κ3) is 4.23. The zero-order valence-electron chi connectivity index (χ0n) is 8.81. The predicted octanol–water partition coefficient (Wildman–Crippen LogP) is -2.42. The van der Waals surface area contributed by atoms with Gasteiger partial charge in [0.25, 0.3) is 0 Å². The lowest BCUT2D eigenvalue weighted by molar-refractivity contribution is -0.167. The van der Waals surface area contributed by atoms with Gasteiger partial charge in [-0.2, -0.15) is 0 Å². The summed E-state index contributed by atoms with van der Waals surface area (Å²) in [4.78, 5) is 21.4. The van der Waals surface area contributed by atoms with E-state index < -0.39 is 37.0 Å². The first kappa shape index (κ1) is 15.0. The summed E-state index contributed by atoms with van der Waals surface area (Å²) in [6.45, 7) is 0.709. The van der Waals surface area contributed by atoms with Gasteiger partial charge in [-0.15, -0.1) is 0 Å². The molecule has 0 radical (unpaired) electrons. The van der Waals surface area contributed by atoms with E-state index in [0.29, 0.717) is 0 Å². The summed E-state index contributed by atoms with van der Waals surface area (Å²) in [5.74, 6) is -0.721. The van der Waals surface area contributed by atoms with Crippen LogP contribution in [0, 0.1) is 0 Å². The molecule has 0 fully saturated rings. The fraction of sp³-hybridized carbons (Fsp3) is 0.778. The normalized spacial score (nSPS) is 18.3. The van der Waals surface area contributed by atoms with Crippen LogP contribution in [0.1, 0.15) is 13.3 Å². The number of aliphatic hydroxyl groups is 4. The van der Waals surface area contributed by atoms with Gasteiger partial charge in [0.1, 0.15) is 18.3 Å². The second-order valence-corrected chi connectivity index (χ2v) is 3.18. The van der Waals surface area contributed by atoms with Crippen molar-refractivity contribution in [1.82, 2.24) is 0 Å². The number of ether oxygens (including phenoxy) is 1. The monoisotopic (exact) mass is 236 g/mol. The first-order valence-corrected chi connectivity index (χ1v) is 4.77. The van der Waals surface area contributed by atoms with E-state index in [0.717, 1.165) is 0 Å². The van der Waals surface area contributed by atoms with E-state index in [1.54, 1.807) is 0 Å².